The maximum Gasteiger partial charge on any atom is 0.422 e. The van der Waals surface area contributed by atoms with Crippen LogP contribution in [0.5, 0.6) is 5.75 Å². The Morgan fingerprint density at radius 3 is 2.03 bits per heavy atom. The third kappa shape index (κ3) is 6.03. The Labute approximate surface area is 174 Å². The van der Waals surface area contributed by atoms with Crippen molar-refractivity contribution in [3.05, 3.63) is 24.3 Å². The molecule has 1 N–H and O–H groups in total. The van der Waals surface area contributed by atoms with Crippen LogP contribution in [0.25, 0.3) is 0 Å². The number of nitrogens with zero attached hydrogens (tertiary/aromatic N) is 1. The quantitative estimate of drug-likeness (QED) is 0.653. The molecule has 0 radical (unpaired) electrons. The molecule has 0 aromatic heterocycles. The summed E-state index contributed by atoms with van der Waals surface area (Å²) in [5, 5.41) is 10.5. The molecule has 1 saturated heterocycles. The number of hydrogen-bond donors (Lipinski definition) is 1. The van der Waals surface area contributed by atoms with Crippen LogP contribution in [0.1, 0.15) is 32.1 Å². The molecular weight excluding hydrogens is 432 g/mol. The van der Waals surface area contributed by atoms with Crippen molar-refractivity contribution in [2.24, 2.45) is 5.41 Å². The van der Waals surface area contributed by atoms with Crippen LogP contribution < -0.4 is 9.64 Å². The largest absolute Gasteiger partial charge is 0.484 e. The number of amides is 1. The first-order chi connectivity index (χ1) is 14.3. The lowest BCUT2D eigenvalue weighted by atomic mass is 9.68. The van der Waals surface area contributed by atoms with E-state index in [1.807, 2.05) is 0 Å². The van der Waals surface area contributed by atoms with E-state index in [1.165, 1.54) is 29.2 Å². The summed E-state index contributed by atoms with van der Waals surface area (Å²) in [5.74, 6) is -0.126. The van der Waals surface area contributed by atoms with E-state index in [9.17, 15) is 36.2 Å². The summed E-state index contributed by atoms with van der Waals surface area (Å²) in [4.78, 5) is 14.6. The number of rotatable bonds is 6. The second kappa shape index (κ2) is 8.50. The fourth-order valence-corrected chi connectivity index (χ4v) is 4.11. The molecule has 1 aliphatic heterocycles. The van der Waals surface area contributed by atoms with Gasteiger partial charge in [-0.25, -0.2) is 0 Å². The zero-order valence-corrected chi connectivity index (χ0v) is 16.6. The summed E-state index contributed by atoms with van der Waals surface area (Å²) in [5.41, 5.74) is -1.58. The van der Waals surface area contributed by atoms with Gasteiger partial charge in [0.1, 0.15) is 12.4 Å². The lowest BCUT2D eigenvalue weighted by Gasteiger charge is -2.40. The van der Waals surface area contributed by atoms with Gasteiger partial charge in [-0.15, -0.1) is 0 Å². The number of anilines is 1. The topological polar surface area (TPSA) is 59.0 Å². The number of halogens is 6. The highest BCUT2D eigenvalue weighted by Gasteiger charge is 2.51. The molecule has 1 aromatic carbocycles. The molecule has 0 bridgehead atoms. The highest BCUT2D eigenvalue weighted by atomic mass is 19.4. The van der Waals surface area contributed by atoms with Crippen LogP contribution in [-0.2, 0) is 9.53 Å². The van der Waals surface area contributed by atoms with Crippen LogP contribution in [0, 0.1) is 5.41 Å². The Kier molecular flexibility index (Phi) is 6.48. The maximum absolute atomic E-state index is 13.1. The van der Waals surface area contributed by atoms with E-state index in [1.54, 1.807) is 0 Å². The molecule has 2 fully saturated rings. The molecular formula is C20H23F6NO4. The highest BCUT2D eigenvalue weighted by Crippen LogP contribution is 2.48. The highest BCUT2D eigenvalue weighted by molar-refractivity contribution is 6.00. The predicted octanol–water partition coefficient (Wildman–Crippen LogP) is 4.23. The van der Waals surface area contributed by atoms with E-state index in [-0.39, 0.29) is 24.5 Å². The predicted molar refractivity (Wildman–Crippen MR) is 97.7 cm³/mol. The van der Waals surface area contributed by atoms with E-state index < -0.39 is 43.2 Å². The van der Waals surface area contributed by atoms with Gasteiger partial charge in [0.25, 0.3) is 0 Å². The molecule has 0 atom stereocenters. The average molecular weight is 455 g/mol. The molecule has 1 aromatic rings. The smallest absolute Gasteiger partial charge is 0.422 e. The van der Waals surface area contributed by atoms with Crippen LogP contribution in [0.3, 0.4) is 0 Å². The number of aliphatic hydroxyl groups is 1. The van der Waals surface area contributed by atoms with Crippen molar-refractivity contribution in [3.8, 4) is 5.75 Å². The molecule has 1 aliphatic carbocycles. The van der Waals surface area contributed by atoms with Crippen molar-refractivity contribution in [1.82, 2.24) is 0 Å². The first kappa shape index (κ1) is 23.6. The lowest BCUT2D eigenvalue weighted by molar-refractivity contribution is -0.191. The lowest BCUT2D eigenvalue weighted by Crippen LogP contribution is -2.46. The molecule has 3 rings (SSSR count). The van der Waals surface area contributed by atoms with E-state index in [0.29, 0.717) is 31.5 Å². The number of alkyl halides is 6. The average Bonchev–Trinajstić information content (AvgIpc) is 2.98. The zero-order chi connectivity index (χ0) is 22.9. The van der Waals surface area contributed by atoms with E-state index in [2.05, 4.69) is 9.47 Å². The fourth-order valence-electron chi connectivity index (χ4n) is 4.11. The number of benzene rings is 1. The fraction of sp³-hybridized carbons (Fsp3) is 0.650. The van der Waals surface area contributed by atoms with Crippen LogP contribution in [0.2, 0.25) is 0 Å². The number of carbonyl (C=O) groups is 1. The minimum Gasteiger partial charge on any atom is -0.484 e. The van der Waals surface area contributed by atoms with Crippen LogP contribution in [-0.4, -0.2) is 55.3 Å². The van der Waals surface area contributed by atoms with Crippen molar-refractivity contribution < 1.29 is 45.7 Å². The summed E-state index contributed by atoms with van der Waals surface area (Å²) in [6.07, 6.45) is -7.46. The van der Waals surface area contributed by atoms with E-state index in [0.717, 1.165) is 0 Å². The van der Waals surface area contributed by atoms with Crippen LogP contribution >= 0.6 is 0 Å². The summed E-state index contributed by atoms with van der Waals surface area (Å²) in [6, 6.07) is 5.73. The van der Waals surface area contributed by atoms with Gasteiger partial charge in [0, 0.05) is 12.2 Å². The Bertz CT molecular complexity index is 769. The molecule has 1 spiro atoms. The first-order valence-electron chi connectivity index (χ1n) is 9.80. The molecule has 5 nitrogen and oxygen atoms in total. The van der Waals surface area contributed by atoms with E-state index in [4.69, 9.17) is 0 Å². The van der Waals surface area contributed by atoms with Gasteiger partial charge in [-0.2, -0.15) is 26.3 Å². The molecule has 11 heteroatoms. The minimum absolute atomic E-state index is 0.0315. The Balaban J connectivity index is 1.56. The van der Waals surface area contributed by atoms with Crippen molar-refractivity contribution in [2.45, 2.75) is 50.1 Å². The van der Waals surface area contributed by atoms with Crippen molar-refractivity contribution in [3.63, 3.8) is 0 Å². The molecule has 1 saturated carbocycles. The van der Waals surface area contributed by atoms with Gasteiger partial charge in [-0.3, -0.25) is 4.79 Å². The number of carbonyl (C=O) groups excluding carboxylic acids is 1. The summed E-state index contributed by atoms with van der Waals surface area (Å²) in [7, 11) is 0. The van der Waals surface area contributed by atoms with Gasteiger partial charge < -0.3 is 19.5 Å². The normalized spacial score (nSPS) is 27.2. The van der Waals surface area contributed by atoms with Crippen LogP contribution in [0.15, 0.2) is 24.3 Å². The summed E-state index contributed by atoms with van der Waals surface area (Å²) in [6.45, 7) is -2.88. The van der Waals surface area contributed by atoms with Crippen LogP contribution in [0.4, 0.5) is 32.0 Å². The molecule has 1 amide bonds. The van der Waals surface area contributed by atoms with Crippen molar-refractivity contribution in [1.29, 1.82) is 0 Å². The monoisotopic (exact) mass is 455 g/mol. The van der Waals surface area contributed by atoms with Gasteiger partial charge in [0.2, 0.25) is 5.91 Å². The first-order valence-corrected chi connectivity index (χ1v) is 9.80. The Morgan fingerprint density at radius 2 is 1.48 bits per heavy atom. The van der Waals surface area contributed by atoms with Gasteiger partial charge >= 0.3 is 12.4 Å². The van der Waals surface area contributed by atoms with Gasteiger partial charge in [0.15, 0.2) is 6.61 Å². The third-order valence-corrected chi connectivity index (χ3v) is 5.84. The SMILES string of the molecule is O=C1N(c2ccc(OCC(F)(F)F)cc2)CC[C@]12CC[C@@](O)(COCC(F)(F)F)CC2. The number of hydrogen-bond acceptors (Lipinski definition) is 4. The van der Waals surface area contributed by atoms with E-state index >= 15 is 0 Å². The van der Waals surface area contributed by atoms with Gasteiger partial charge in [0.05, 0.1) is 17.6 Å². The van der Waals surface area contributed by atoms with Crippen molar-refractivity contribution >= 4 is 11.6 Å². The molecule has 31 heavy (non-hydrogen) atoms. The number of ether oxygens (including phenoxy) is 2. The Hall–Kier alpha value is -2.01. The molecule has 2 aliphatic rings. The second-order valence-corrected chi connectivity index (χ2v) is 8.22. The second-order valence-electron chi connectivity index (χ2n) is 8.22. The zero-order valence-electron chi connectivity index (χ0n) is 16.6. The molecule has 0 unspecified atom stereocenters. The molecule has 174 valence electrons. The summed E-state index contributed by atoms with van der Waals surface area (Å²) >= 11 is 0. The van der Waals surface area contributed by atoms with Gasteiger partial charge in [-0.1, -0.05) is 0 Å². The Morgan fingerprint density at radius 1 is 0.903 bits per heavy atom. The minimum atomic E-state index is -4.47. The molecule has 1 heterocycles. The standard InChI is InChI=1S/C20H23F6NO4/c21-19(22,23)12-30-11-18(29)7-5-17(6-8-18)9-10-27(16(17)28)14-1-3-15(4-2-14)31-13-20(24,25)26/h1-4,29H,5-13H2/t17-,18+. The summed E-state index contributed by atoms with van der Waals surface area (Å²) < 4.78 is 82.7. The van der Waals surface area contributed by atoms with Crippen molar-refractivity contribution in [2.75, 3.05) is 31.3 Å². The maximum atomic E-state index is 13.1. The third-order valence-electron chi connectivity index (χ3n) is 5.84. The van der Waals surface area contributed by atoms with Gasteiger partial charge in [-0.05, 0) is 56.4 Å².